The Balaban J connectivity index is 1.64. The molecule has 0 amide bonds. The summed E-state index contributed by atoms with van der Waals surface area (Å²) in [5.74, 6) is 2.29. The van der Waals surface area contributed by atoms with Gasteiger partial charge in [0.25, 0.3) is 0 Å². The molecule has 2 aromatic carbocycles. The van der Waals surface area contributed by atoms with Crippen LogP contribution in [0.3, 0.4) is 0 Å². The molecule has 1 aliphatic heterocycles. The Kier molecular flexibility index (Phi) is 3.83. The van der Waals surface area contributed by atoms with Crippen molar-refractivity contribution < 1.29 is 9.47 Å². The van der Waals surface area contributed by atoms with E-state index in [-0.39, 0.29) is 6.10 Å². The van der Waals surface area contributed by atoms with Gasteiger partial charge in [-0.15, -0.1) is 11.6 Å². The van der Waals surface area contributed by atoms with Crippen molar-refractivity contribution in [3.05, 3.63) is 59.2 Å². The lowest BCUT2D eigenvalue weighted by atomic mass is 10.1. The molecule has 1 unspecified atom stereocenters. The molecule has 104 valence electrons. The lowest BCUT2D eigenvalue weighted by molar-refractivity contribution is 0.148. The van der Waals surface area contributed by atoms with Crippen LogP contribution in [0.5, 0.6) is 11.5 Å². The van der Waals surface area contributed by atoms with Crippen LogP contribution in [-0.2, 0) is 12.3 Å². The largest absolute Gasteiger partial charge is 0.489 e. The van der Waals surface area contributed by atoms with Gasteiger partial charge >= 0.3 is 0 Å². The molecule has 1 heterocycles. The van der Waals surface area contributed by atoms with Gasteiger partial charge in [0.2, 0.25) is 0 Å². The van der Waals surface area contributed by atoms with Crippen LogP contribution >= 0.6 is 11.6 Å². The first kappa shape index (κ1) is 13.3. The maximum absolute atomic E-state index is 5.96. The van der Waals surface area contributed by atoms with Crippen molar-refractivity contribution in [2.24, 2.45) is 0 Å². The lowest BCUT2D eigenvalue weighted by Gasteiger charge is -2.14. The van der Waals surface area contributed by atoms with Crippen molar-refractivity contribution in [1.82, 2.24) is 0 Å². The van der Waals surface area contributed by atoms with Gasteiger partial charge in [0.15, 0.2) is 0 Å². The van der Waals surface area contributed by atoms with Crippen molar-refractivity contribution in [2.75, 3.05) is 6.61 Å². The second kappa shape index (κ2) is 5.76. The Bertz CT molecular complexity index is 585. The van der Waals surface area contributed by atoms with Gasteiger partial charge in [-0.3, -0.25) is 0 Å². The van der Waals surface area contributed by atoms with E-state index in [4.69, 9.17) is 21.1 Å². The van der Waals surface area contributed by atoms with E-state index in [2.05, 4.69) is 19.1 Å². The summed E-state index contributed by atoms with van der Waals surface area (Å²) in [6.07, 6.45) is 0.981. The fraction of sp³-hybridized carbons (Fsp3) is 0.294. The van der Waals surface area contributed by atoms with Crippen molar-refractivity contribution in [3.8, 4) is 11.5 Å². The SMILES string of the molecule is Cc1ccc(OCC2Cc3ccccc3O2)c(CCl)c1. The molecule has 0 aromatic heterocycles. The maximum atomic E-state index is 5.96. The Morgan fingerprint density at radius 3 is 2.90 bits per heavy atom. The maximum Gasteiger partial charge on any atom is 0.137 e. The van der Waals surface area contributed by atoms with Crippen LogP contribution in [0.2, 0.25) is 0 Å². The van der Waals surface area contributed by atoms with E-state index in [0.29, 0.717) is 12.5 Å². The number of ether oxygens (including phenoxy) is 2. The molecule has 0 aliphatic carbocycles. The summed E-state index contributed by atoms with van der Waals surface area (Å²) in [7, 11) is 0. The number of hydrogen-bond acceptors (Lipinski definition) is 2. The van der Waals surface area contributed by atoms with E-state index < -0.39 is 0 Å². The lowest BCUT2D eigenvalue weighted by Crippen LogP contribution is -2.22. The fourth-order valence-corrected chi connectivity index (χ4v) is 2.69. The van der Waals surface area contributed by atoms with E-state index >= 15 is 0 Å². The predicted molar refractivity (Wildman–Crippen MR) is 80.8 cm³/mol. The molecule has 0 saturated heterocycles. The Morgan fingerprint density at radius 1 is 1.25 bits per heavy atom. The number of hydrogen-bond donors (Lipinski definition) is 0. The number of alkyl halides is 1. The summed E-state index contributed by atoms with van der Waals surface area (Å²) in [6.45, 7) is 2.60. The third kappa shape index (κ3) is 2.75. The van der Waals surface area contributed by atoms with Crippen molar-refractivity contribution in [3.63, 3.8) is 0 Å². The Morgan fingerprint density at radius 2 is 2.10 bits per heavy atom. The second-order valence-electron chi connectivity index (χ2n) is 5.11. The quantitative estimate of drug-likeness (QED) is 0.788. The molecular weight excluding hydrogens is 272 g/mol. The highest BCUT2D eigenvalue weighted by atomic mass is 35.5. The van der Waals surface area contributed by atoms with Crippen LogP contribution in [0.25, 0.3) is 0 Å². The van der Waals surface area contributed by atoms with E-state index in [1.54, 1.807) is 0 Å². The third-order valence-corrected chi connectivity index (χ3v) is 3.79. The average Bonchev–Trinajstić information content (AvgIpc) is 2.88. The van der Waals surface area contributed by atoms with E-state index in [1.807, 2.05) is 30.3 Å². The zero-order valence-electron chi connectivity index (χ0n) is 11.4. The smallest absolute Gasteiger partial charge is 0.137 e. The Labute approximate surface area is 124 Å². The van der Waals surface area contributed by atoms with Crippen LogP contribution in [0.15, 0.2) is 42.5 Å². The number of para-hydroxylation sites is 1. The number of rotatable bonds is 4. The molecule has 3 heteroatoms. The number of benzene rings is 2. The molecule has 0 saturated carbocycles. The zero-order chi connectivity index (χ0) is 13.9. The predicted octanol–water partition coefficient (Wildman–Crippen LogP) is 4.12. The monoisotopic (exact) mass is 288 g/mol. The summed E-state index contributed by atoms with van der Waals surface area (Å²) in [4.78, 5) is 0. The summed E-state index contributed by atoms with van der Waals surface area (Å²) < 4.78 is 11.8. The minimum absolute atomic E-state index is 0.0804. The molecule has 1 aliphatic rings. The highest BCUT2D eigenvalue weighted by molar-refractivity contribution is 6.17. The standard InChI is InChI=1S/C17H17ClO2/c1-12-6-7-16(14(8-12)10-18)19-11-15-9-13-4-2-3-5-17(13)20-15/h2-8,15H,9-11H2,1H3. The van der Waals surface area contributed by atoms with Crippen LogP contribution in [-0.4, -0.2) is 12.7 Å². The number of halogens is 1. The fourth-order valence-electron chi connectivity index (χ4n) is 2.48. The molecule has 2 aromatic rings. The zero-order valence-corrected chi connectivity index (χ0v) is 12.2. The van der Waals surface area contributed by atoms with Gasteiger partial charge in [-0.05, 0) is 24.6 Å². The molecule has 1 atom stereocenters. The molecule has 0 spiro atoms. The second-order valence-corrected chi connectivity index (χ2v) is 5.37. The topological polar surface area (TPSA) is 18.5 Å². The number of fused-ring (bicyclic) bond motifs is 1. The van der Waals surface area contributed by atoms with Gasteiger partial charge in [-0.25, -0.2) is 0 Å². The third-order valence-electron chi connectivity index (χ3n) is 3.50. The average molecular weight is 289 g/mol. The molecule has 20 heavy (non-hydrogen) atoms. The van der Waals surface area contributed by atoms with Gasteiger partial charge in [0.1, 0.15) is 24.2 Å². The first-order valence-electron chi connectivity index (χ1n) is 6.79. The van der Waals surface area contributed by atoms with Gasteiger partial charge in [0, 0.05) is 12.0 Å². The van der Waals surface area contributed by atoms with Gasteiger partial charge in [-0.2, -0.15) is 0 Å². The van der Waals surface area contributed by atoms with Crippen LogP contribution in [0.4, 0.5) is 0 Å². The summed E-state index contributed by atoms with van der Waals surface area (Å²) in [6, 6.07) is 14.2. The van der Waals surface area contributed by atoms with Crippen molar-refractivity contribution in [2.45, 2.75) is 25.3 Å². The van der Waals surface area contributed by atoms with Crippen molar-refractivity contribution in [1.29, 1.82) is 0 Å². The Hall–Kier alpha value is -1.67. The summed E-state index contributed by atoms with van der Waals surface area (Å²) in [5.41, 5.74) is 3.47. The number of aryl methyl sites for hydroxylation is 1. The summed E-state index contributed by atoms with van der Waals surface area (Å²) >= 11 is 5.96. The van der Waals surface area contributed by atoms with E-state index in [1.165, 1.54) is 11.1 Å². The molecule has 0 radical (unpaired) electrons. The minimum atomic E-state index is 0.0804. The first-order chi connectivity index (χ1) is 9.76. The molecule has 2 nitrogen and oxygen atoms in total. The van der Waals surface area contributed by atoms with Crippen LogP contribution < -0.4 is 9.47 Å². The van der Waals surface area contributed by atoms with Gasteiger partial charge < -0.3 is 9.47 Å². The van der Waals surface area contributed by atoms with Gasteiger partial charge in [0.05, 0.1) is 5.88 Å². The normalized spacial score (nSPS) is 16.6. The van der Waals surface area contributed by atoms with Crippen molar-refractivity contribution >= 4 is 11.6 Å². The van der Waals surface area contributed by atoms with Gasteiger partial charge in [-0.1, -0.05) is 35.9 Å². The molecule has 3 rings (SSSR count). The summed E-state index contributed by atoms with van der Waals surface area (Å²) in [5, 5.41) is 0. The minimum Gasteiger partial charge on any atom is -0.489 e. The molecule has 0 fully saturated rings. The highest BCUT2D eigenvalue weighted by Gasteiger charge is 2.23. The first-order valence-corrected chi connectivity index (χ1v) is 7.32. The van der Waals surface area contributed by atoms with E-state index in [9.17, 15) is 0 Å². The molecule has 0 bridgehead atoms. The van der Waals surface area contributed by atoms with Crippen LogP contribution in [0.1, 0.15) is 16.7 Å². The highest BCUT2D eigenvalue weighted by Crippen LogP contribution is 2.29. The molecule has 0 N–H and O–H groups in total. The molecular formula is C17H17ClO2. The van der Waals surface area contributed by atoms with Crippen LogP contribution in [0, 0.1) is 6.92 Å². The van der Waals surface area contributed by atoms with E-state index in [0.717, 1.165) is 23.5 Å².